The van der Waals surface area contributed by atoms with E-state index in [1.165, 1.54) is 11.8 Å². The van der Waals surface area contributed by atoms with Gasteiger partial charge in [0.15, 0.2) is 0 Å². The van der Waals surface area contributed by atoms with Gasteiger partial charge in [0.25, 0.3) is 0 Å². The van der Waals surface area contributed by atoms with E-state index >= 15 is 0 Å². The number of ether oxygens (including phenoxy) is 1. The first-order valence-corrected chi connectivity index (χ1v) is 11.2. The lowest BCUT2D eigenvalue weighted by Crippen LogP contribution is -2.22. The fourth-order valence-electron chi connectivity index (χ4n) is 2.94. The number of hydrogen-bond acceptors (Lipinski definition) is 4. The third kappa shape index (κ3) is 6.12. The minimum atomic E-state index is -0.271. The second-order valence-electron chi connectivity index (χ2n) is 7.48. The van der Waals surface area contributed by atoms with Gasteiger partial charge >= 0.3 is 0 Å². The molecule has 0 spiro atoms. The van der Waals surface area contributed by atoms with E-state index in [0.29, 0.717) is 5.75 Å². The fraction of sp³-hybridized carbons (Fsp3) is 0.200. The molecule has 0 aliphatic heterocycles. The molecule has 6 heteroatoms. The van der Waals surface area contributed by atoms with E-state index in [1.54, 1.807) is 0 Å². The van der Waals surface area contributed by atoms with Crippen LogP contribution < -0.4 is 15.4 Å². The van der Waals surface area contributed by atoms with E-state index < -0.39 is 0 Å². The Morgan fingerprint density at radius 3 is 2.06 bits per heavy atom. The molecule has 1 saturated carbocycles. The molecule has 2 amide bonds. The van der Waals surface area contributed by atoms with Gasteiger partial charge in [0.2, 0.25) is 11.8 Å². The quantitative estimate of drug-likeness (QED) is 0.432. The standard InChI is InChI=1S/C25H24N2O3S/c1-17(31-23-15-11-20(12-16-23)27-25(29)18-7-8-18)24(28)26-19-9-13-22(14-10-19)30-21-5-3-2-4-6-21/h2-6,9-18H,7-8H2,1H3,(H,26,28)(H,27,29). The summed E-state index contributed by atoms with van der Waals surface area (Å²) in [7, 11) is 0. The summed E-state index contributed by atoms with van der Waals surface area (Å²) in [6, 6.07) is 24.5. The summed E-state index contributed by atoms with van der Waals surface area (Å²) in [6.07, 6.45) is 1.96. The van der Waals surface area contributed by atoms with Crippen molar-refractivity contribution >= 4 is 35.0 Å². The molecule has 0 saturated heterocycles. The van der Waals surface area contributed by atoms with Gasteiger partial charge in [0, 0.05) is 22.2 Å². The summed E-state index contributed by atoms with van der Waals surface area (Å²) in [5, 5.41) is 5.59. The Hall–Kier alpha value is -3.25. The third-order valence-corrected chi connectivity index (χ3v) is 5.96. The summed E-state index contributed by atoms with van der Waals surface area (Å²) < 4.78 is 5.77. The Morgan fingerprint density at radius 2 is 1.42 bits per heavy atom. The number of amides is 2. The van der Waals surface area contributed by atoms with Crippen molar-refractivity contribution in [3.63, 3.8) is 0 Å². The van der Waals surface area contributed by atoms with Gasteiger partial charge < -0.3 is 15.4 Å². The fourth-order valence-corrected chi connectivity index (χ4v) is 3.81. The topological polar surface area (TPSA) is 67.4 Å². The first kappa shape index (κ1) is 21.0. The molecular weight excluding hydrogens is 408 g/mol. The largest absolute Gasteiger partial charge is 0.457 e. The highest BCUT2D eigenvalue weighted by Gasteiger charge is 2.29. The molecule has 2 N–H and O–H groups in total. The van der Waals surface area contributed by atoms with Crippen molar-refractivity contribution in [1.82, 2.24) is 0 Å². The highest BCUT2D eigenvalue weighted by molar-refractivity contribution is 8.00. The molecule has 0 bridgehead atoms. The van der Waals surface area contributed by atoms with Crippen molar-refractivity contribution in [3.05, 3.63) is 78.9 Å². The first-order valence-electron chi connectivity index (χ1n) is 10.3. The zero-order chi connectivity index (χ0) is 21.6. The molecule has 0 radical (unpaired) electrons. The predicted molar refractivity (Wildman–Crippen MR) is 125 cm³/mol. The maximum atomic E-state index is 12.6. The lowest BCUT2D eigenvalue weighted by molar-refractivity contribution is -0.117. The molecule has 1 fully saturated rings. The molecule has 31 heavy (non-hydrogen) atoms. The molecule has 0 aromatic heterocycles. The molecule has 0 heterocycles. The van der Waals surface area contributed by atoms with Crippen molar-refractivity contribution in [3.8, 4) is 11.5 Å². The van der Waals surface area contributed by atoms with Crippen LogP contribution >= 0.6 is 11.8 Å². The Bertz CT molecular complexity index is 1030. The van der Waals surface area contributed by atoms with Crippen LogP contribution in [0.1, 0.15) is 19.8 Å². The maximum absolute atomic E-state index is 12.6. The number of hydrogen-bond donors (Lipinski definition) is 2. The first-order chi connectivity index (χ1) is 15.1. The minimum absolute atomic E-state index is 0.0761. The summed E-state index contributed by atoms with van der Waals surface area (Å²) in [5.41, 5.74) is 1.51. The molecular formula is C25H24N2O3S. The number of rotatable bonds is 8. The molecule has 1 unspecified atom stereocenters. The lowest BCUT2D eigenvalue weighted by Gasteiger charge is -2.13. The number of carbonyl (C=O) groups excluding carboxylic acids is 2. The molecule has 1 aliphatic rings. The van der Waals surface area contributed by atoms with E-state index in [1.807, 2.05) is 85.8 Å². The molecule has 3 aromatic carbocycles. The van der Waals surface area contributed by atoms with Crippen molar-refractivity contribution in [1.29, 1.82) is 0 Å². The maximum Gasteiger partial charge on any atom is 0.237 e. The van der Waals surface area contributed by atoms with Crippen LogP contribution in [0.2, 0.25) is 0 Å². The van der Waals surface area contributed by atoms with Gasteiger partial charge in [-0.05, 0) is 80.4 Å². The van der Waals surface area contributed by atoms with Gasteiger partial charge in [-0.25, -0.2) is 0 Å². The van der Waals surface area contributed by atoms with E-state index in [0.717, 1.165) is 34.9 Å². The van der Waals surface area contributed by atoms with Crippen LogP contribution in [0.5, 0.6) is 11.5 Å². The van der Waals surface area contributed by atoms with Crippen LogP contribution in [0.3, 0.4) is 0 Å². The summed E-state index contributed by atoms with van der Waals surface area (Å²) in [4.78, 5) is 25.4. The molecule has 1 aliphatic carbocycles. The normalized spacial score (nSPS) is 13.8. The molecule has 1 atom stereocenters. The van der Waals surface area contributed by atoms with Crippen LogP contribution in [-0.2, 0) is 9.59 Å². The number of thioether (sulfide) groups is 1. The molecule has 5 nitrogen and oxygen atoms in total. The average Bonchev–Trinajstić information content (AvgIpc) is 3.63. The summed E-state index contributed by atoms with van der Waals surface area (Å²) >= 11 is 1.47. The smallest absolute Gasteiger partial charge is 0.237 e. The monoisotopic (exact) mass is 432 g/mol. The van der Waals surface area contributed by atoms with Crippen molar-refractivity contribution in [2.24, 2.45) is 5.92 Å². The number of carbonyl (C=O) groups is 2. The predicted octanol–water partition coefficient (Wildman–Crippen LogP) is 5.95. The molecule has 4 rings (SSSR count). The number of anilines is 2. The SMILES string of the molecule is CC(Sc1ccc(NC(=O)C2CC2)cc1)C(=O)Nc1ccc(Oc2ccccc2)cc1. The number of para-hydroxylation sites is 1. The lowest BCUT2D eigenvalue weighted by atomic mass is 10.3. The molecule has 158 valence electrons. The van der Waals surface area contributed by atoms with Crippen molar-refractivity contribution < 1.29 is 14.3 Å². The second kappa shape index (κ2) is 9.71. The summed E-state index contributed by atoms with van der Waals surface area (Å²) in [6.45, 7) is 1.87. The highest BCUT2D eigenvalue weighted by Crippen LogP contribution is 2.31. The summed E-state index contributed by atoms with van der Waals surface area (Å²) in [5.74, 6) is 1.67. The van der Waals surface area contributed by atoms with E-state index in [-0.39, 0.29) is 23.0 Å². The zero-order valence-electron chi connectivity index (χ0n) is 17.2. The third-order valence-electron chi connectivity index (χ3n) is 4.85. The average molecular weight is 433 g/mol. The van der Waals surface area contributed by atoms with Crippen LogP contribution in [0.15, 0.2) is 83.8 Å². The Kier molecular flexibility index (Phi) is 6.57. The second-order valence-corrected chi connectivity index (χ2v) is 8.89. The number of nitrogens with one attached hydrogen (secondary N) is 2. The van der Waals surface area contributed by atoms with Gasteiger partial charge in [-0.1, -0.05) is 18.2 Å². The zero-order valence-corrected chi connectivity index (χ0v) is 18.0. The highest BCUT2D eigenvalue weighted by atomic mass is 32.2. The Balaban J connectivity index is 1.27. The van der Waals surface area contributed by atoms with Gasteiger partial charge in [-0.2, -0.15) is 0 Å². The number of benzene rings is 3. The van der Waals surface area contributed by atoms with Crippen LogP contribution in [0, 0.1) is 5.92 Å². The molecule has 3 aromatic rings. The van der Waals surface area contributed by atoms with Crippen LogP contribution in [-0.4, -0.2) is 17.1 Å². The van der Waals surface area contributed by atoms with E-state index in [2.05, 4.69) is 10.6 Å². The Morgan fingerprint density at radius 1 is 0.839 bits per heavy atom. The van der Waals surface area contributed by atoms with Gasteiger partial charge in [0.05, 0.1) is 5.25 Å². The minimum Gasteiger partial charge on any atom is -0.457 e. The van der Waals surface area contributed by atoms with Crippen LogP contribution in [0.4, 0.5) is 11.4 Å². The van der Waals surface area contributed by atoms with Crippen LogP contribution in [0.25, 0.3) is 0 Å². The Labute approximate surface area is 186 Å². The van der Waals surface area contributed by atoms with Gasteiger partial charge in [-0.3, -0.25) is 9.59 Å². The van der Waals surface area contributed by atoms with Crippen molar-refractivity contribution in [2.75, 3.05) is 10.6 Å². The van der Waals surface area contributed by atoms with Gasteiger partial charge in [-0.15, -0.1) is 11.8 Å². The van der Waals surface area contributed by atoms with Gasteiger partial charge in [0.1, 0.15) is 11.5 Å². The van der Waals surface area contributed by atoms with Crippen molar-refractivity contribution in [2.45, 2.75) is 29.9 Å². The van der Waals surface area contributed by atoms with E-state index in [4.69, 9.17) is 4.74 Å². The van der Waals surface area contributed by atoms with E-state index in [9.17, 15) is 9.59 Å².